The molecule has 1 heterocycles. The lowest BCUT2D eigenvalue weighted by Crippen LogP contribution is -2.41. The van der Waals surface area contributed by atoms with E-state index in [9.17, 15) is 9.59 Å². The Morgan fingerprint density at radius 2 is 1.81 bits per heavy atom. The minimum atomic E-state index is -0.519. The maximum atomic E-state index is 13.3. The van der Waals surface area contributed by atoms with Crippen LogP contribution < -0.4 is 15.8 Å². The van der Waals surface area contributed by atoms with Gasteiger partial charge in [0, 0.05) is 17.8 Å². The van der Waals surface area contributed by atoms with Crippen molar-refractivity contribution >= 4 is 17.6 Å². The Kier molecular flexibility index (Phi) is 5.62. The standard InChI is InChI=1S/C25H25N3O3/c1-16-8-10-20(14-22(16)24(26)29)27-25(30)28-15-19-12-21(31-2)11-9-18(19)13-23(28)17-6-4-3-5-7-17/h3-12,14,23H,13,15H2,1-2H3,(H2,26,29)(H,27,30)/t23-/m0/s1. The first kappa shape index (κ1) is 20.5. The number of benzene rings is 3. The number of amides is 3. The van der Waals surface area contributed by atoms with Crippen molar-refractivity contribution in [3.05, 3.63) is 94.5 Å². The van der Waals surface area contributed by atoms with E-state index in [1.54, 1.807) is 25.3 Å². The minimum Gasteiger partial charge on any atom is -0.497 e. The van der Waals surface area contributed by atoms with Gasteiger partial charge in [-0.15, -0.1) is 0 Å². The maximum Gasteiger partial charge on any atom is 0.322 e. The van der Waals surface area contributed by atoms with Crippen LogP contribution >= 0.6 is 0 Å². The van der Waals surface area contributed by atoms with Crippen molar-refractivity contribution in [2.75, 3.05) is 12.4 Å². The van der Waals surface area contributed by atoms with E-state index in [1.807, 2.05) is 54.3 Å². The fourth-order valence-electron chi connectivity index (χ4n) is 4.03. The fourth-order valence-corrected chi connectivity index (χ4v) is 4.03. The number of methoxy groups -OCH3 is 1. The molecule has 1 aliphatic rings. The zero-order valence-electron chi connectivity index (χ0n) is 17.6. The van der Waals surface area contributed by atoms with Gasteiger partial charge in [-0.2, -0.15) is 0 Å². The third kappa shape index (κ3) is 4.23. The highest BCUT2D eigenvalue weighted by Crippen LogP contribution is 2.35. The zero-order chi connectivity index (χ0) is 22.0. The summed E-state index contributed by atoms with van der Waals surface area (Å²) in [5.41, 5.74) is 10.5. The summed E-state index contributed by atoms with van der Waals surface area (Å²) >= 11 is 0. The molecule has 0 spiro atoms. The Bertz CT molecular complexity index is 1130. The molecule has 0 bridgehead atoms. The molecule has 3 aromatic carbocycles. The molecule has 158 valence electrons. The molecule has 1 atom stereocenters. The Morgan fingerprint density at radius 1 is 1.03 bits per heavy atom. The number of hydrogen-bond donors (Lipinski definition) is 2. The number of carbonyl (C=O) groups is 2. The molecule has 0 saturated carbocycles. The number of ether oxygens (including phenoxy) is 1. The number of fused-ring (bicyclic) bond motifs is 1. The number of aryl methyl sites for hydroxylation is 1. The van der Waals surface area contributed by atoms with Gasteiger partial charge in [-0.05, 0) is 59.9 Å². The van der Waals surface area contributed by atoms with Crippen molar-refractivity contribution in [1.82, 2.24) is 4.90 Å². The first-order chi connectivity index (χ1) is 15.0. The Labute approximate surface area is 181 Å². The van der Waals surface area contributed by atoms with E-state index in [4.69, 9.17) is 10.5 Å². The fraction of sp³-hybridized carbons (Fsp3) is 0.200. The highest BCUT2D eigenvalue weighted by atomic mass is 16.5. The highest BCUT2D eigenvalue weighted by molar-refractivity contribution is 5.97. The predicted molar refractivity (Wildman–Crippen MR) is 120 cm³/mol. The monoisotopic (exact) mass is 415 g/mol. The molecule has 31 heavy (non-hydrogen) atoms. The molecule has 0 aromatic heterocycles. The molecule has 0 radical (unpaired) electrons. The molecule has 6 nitrogen and oxygen atoms in total. The summed E-state index contributed by atoms with van der Waals surface area (Å²) in [6, 6.07) is 20.8. The Balaban J connectivity index is 1.66. The van der Waals surface area contributed by atoms with Gasteiger partial charge in [0.2, 0.25) is 5.91 Å². The third-order valence-corrected chi connectivity index (χ3v) is 5.74. The average molecular weight is 415 g/mol. The number of nitrogens with two attached hydrogens (primary N) is 1. The van der Waals surface area contributed by atoms with Gasteiger partial charge in [-0.3, -0.25) is 4.79 Å². The molecular weight excluding hydrogens is 390 g/mol. The summed E-state index contributed by atoms with van der Waals surface area (Å²) in [5, 5.41) is 2.94. The van der Waals surface area contributed by atoms with Crippen LogP contribution in [-0.2, 0) is 13.0 Å². The van der Waals surface area contributed by atoms with Crippen molar-refractivity contribution in [3.8, 4) is 5.75 Å². The summed E-state index contributed by atoms with van der Waals surface area (Å²) < 4.78 is 5.37. The third-order valence-electron chi connectivity index (χ3n) is 5.74. The lowest BCUT2D eigenvalue weighted by atomic mass is 9.90. The van der Waals surface area contributed by atoms with Gasteiger partial charge >= 0.3 is 6.03 Å². The SMILES string of the molecule is COc1ccc2c(c1)CN(C(=O)Nc1ccc(C)c(C(N)=O)c1)[C@H](c1ccccc1)C2. The van der Waals surface area contributed by atoms with Gasteiger partial charge in [0.1, 0.15) is 5.75 Å². The molecule has 3 aromatic rings. The van der Waals surface area contributed by atoms with E-state index < -0.39 is 5.91 Å². The van der Waals surface area contributed by atoms with Gasteiger partial charge in [-0.1, -0.05) is 42.5 Å². The largest absolute Gasteiger partial charge is 0.497 e. The van der Waals surface area contributed by atoms with E-state index in [0.29, 0.717) is 24.2 Å². The van der Waals surface area contributed by atoms with Crippen LogP contribution in [0.1, 0.15) is 38.7 Å². The first-order valence-corrected chi connectivity index (χ1v) is 10.1. The summed E-state index contributed by atoms with van der Waals surface area (Å²) in [5.74, 6) is 0.247. The molecule has 0 aliphatic carbocycles. The first-order valence-electron chi connectivity index (χ1n) is 10.1. The molecule has 6 heteroatoms. The van der Waals surface area contributed by atoms with E-state index >= 15 is 0 Å². The van der Waals surface area contributed by atoms with Crippen LogP contribution in [-0.4, -0.2) is 23.9 Å². The van der Waals surface area contributed by atoms with E-state index in [0.717, 1.165) is 22.4 Å². The summed E-state index contributed by atoms with van der Waals surface area (Å²) in [6.45, 7) is 2.26. The minimum absolute atomic E-state index is 0.108. The second-order valence-corrected chi connectivity index (χ2v) is 7.72. The molecular formula is C25H25N3O3. The molecule has 0 unspecified atom stereocenters. The van der Waals surface area contributed by atoms with Crippen LogP contribution in [0.3, 0.4) is 0 Å². The second-order valence-electron chi connectivity index (χ2n) is 7.72. The Hall–Kier alpha value is -3.80. The molecule has 3 N–H and O–H groups in total. The van der Waals surface area contributed by atoms with Gasteiger partial charge in [0.25, 0.3) is 0 Å². The molecule has 1 aliphatic heterocycles. The Morgan fingerprint density at radius 3 is 2.52 bits per heavy atom. The second kappa shape index (κ2) is 8.52. The van der Waals surface area contributed by atoms with Crippen LogP contribution in [0.25, 0.3) is 0 Å². The number of nitrogens with one attached hydrogen (secondary N) is 1. The smallest absolute Gasteiger partial charge is 0.322 e. The topological polar surface area (TPSA) is 84.7 Å². The lowest BCUT2D eigenvalue weighted by molar-refractivity contribution is 0.0999. The van der Waals surface area contributed by atoms with Gasteiger partial charge in [-0.25, -0.2) is 4.79 Å². The number of primary amides is 1. The number of carbonyl (C=O) groups excluding carboxylic acids is 2. The summed E-state index contributed by atoms with van der Waals surface area (Å²) in [4.78, 5) is 26.9. The molecule has 0 saturated heterocycles. The lowest BCUT2D eigenvalue weighted by Gasteiger charge is -2.37. The normalized spacial score (nSPS) is 15.2. The van der Waals surface area contributed by atoms with E-state index in [1.165, 1.54) is 5.56 Å². The quantitative estimate of drug-likeness (QED) is 0.661. The predicted octanol–water partition coefficient (Wildman–Crippen LogP) is 4.43. The highest BCUT2D eigenvalue weighted by Gasteiger charge is 2.31. The van der Waals surface area contributed by atoms with Crippen molar-refractivity contribution in [2.24, 2.45) is 5.73 Å². The van der Waals surface area contributed by atoms with Crippen LogP contribution in [0.4, 0.5) is 10.5 Å². The van der Waals surface area contributed by atoms with Crippen molar-refractivity contribution in [2.45, 2.75) is 25.9 Å². The summed E-state index contributed by atoms with van der Waals surface area (Å²) in [6.07, 6.45) is 0.706. The molecule has 3 amide bonds. The van der Waals surface area contributed by atoms with Gasteiger partial charge in [0.15, 0.2) is 0 Å². The average Bonchev–Trinajstić information content (AvgIpc) is 2.79. The number of urea groups is 1. The van der Waals surface area contributed by atoms with Crippen molar-refractivity contribution < 1.29 is 14.3 Å². The van der Waals surface area contributed by atoms with Crippen molar-refractivity contribution in [3.63, 3.8) is 0 Å². The van der Waals surface area contributed by atoms with E-state index in [2.05, 4.69) is 11.4 Å². The number of anilines is 1. The van der Waals surface area contributed by atoms with E-state index in [-0.39, 0.29) is 12.1 Å². The van der Waals surface area contributed by atoms with Crippen molar-refractivity contribution in [1.29, 1.82) is 0 Å². The molecule has 0 fully saturated rings. The zero-order valence-corrected chi connectivity index (χ0v) is 17.6. The maximum absolute atomic E-state index is 13.3. The van der Waals surface area contributed by atoms with Crippen LogP contribution in [0, 0.1) is 6.92 Å². The van der Waals surface area contributed by atoms with Crippen LogP contribution in [0.5, 0.6) is 5.75 Å². The number of rotatable bonds is 4. The molecule has 4 rings (SSSR count). The number of hydrogen-bond acceptors (Lipinski definition) is 3. The van der Waals surface area contributed by atoms with Crippen LogP contribution in [0.2, 0.25) is 0 Å². The number of nitrogens with zero attached hydrogens (tertiary/aromatic N) is 1. The van der Waals surface area contributed by atoms with Gasteiger partial charge in [0.05, 0.1) is 13.2 Å². The summed E-state index contributed by atoms with van der Waals surface area (Å²) in [7, 11) is 1.63. The van der Waals surface area contributed by atoms with Gasteiger partial charge < -0.3 is 20.7 Å². The van der Waals surface area contributed by atoms with Crippen LogP contribution in [0.15, 0.2) is 66.7 Å².